The summed E-state index contributed by atoms with van der Waals surface area (Å²) >= 11 is 0. The average molecular weight is 234 g/mol. The minimum atomic E-state index is -2.48. The highest BCUT2D eigenvalue weighted by molar-refractivity contribution is 7.59. The molecule has 0 saturated heterocycles. The van der Waals surface area contributed by atoms with Crippen molar-refractivity contribution < 1.29 is 14.2 Å². The van der Waals surface area contributed by atoms with E-state index in [1.807, 2.05) is 6.92 Å². The van der Waals surface area contributed by atoms with E-state index in [-0.39, 0.29) is 11.8 Å². The SMILES string of the molecule is CCCCP(=O)(OCC)C1CCC(O)C1. The topological polar surface area (TPSA) is 46.5 Å². The molecule has 90 valence electrons. The first-order valence-corrected chi connectivity index (χ1v) is 7.91. The van der Waals surface area contributed by atoms with Crippen molar-refractivity contribution in [1.82, 2.24) is 0 Å². The molecule has 0 aromatic carbocycles. The summed E-state index contributed by atoms with van der Waals surface area (Å²) in [5.41, 5.74) is 0.110. The van der Waals surface area contributed by atoms with Crippen LogP contribution >= 0.6 is 7.37 Å². The lowest BCUT2D eigenvalue weighted by atomic mass is 10.3. The highest BCUT2D eigenvalue weighted by Crippen LogP contribution is 2.57. The Kier molecular flexibility index (Phi) is 5.31. The van der Waals surface area contributed by atoms with Crippen LogP contribution in [0.3, 0.4) is 0 Å². The number of rotatable bonds is 6. The van der Waals surface area contributed by atoms with Gasteiger partial charge in [0.25, 0.3) is 0 Å². The van der Waals surface area contributed by atoms with Crippen LogP contribution in [0.1, 0.15) is 46.0 Å². The van der Waals surface area contributed by atoms with E-state index in [2.05, 4.69) is 6.92 Å². The standard InChI is InChI=1S/C11H23O3P/c1-3-5-8-15(13,14-4-2)11-7-6-10(12)9-11/h10-12H,3-9H2,1-2H3. The first-order valence-electron chi connectivity index (χ1n) is 6.03. The van der Waals surface area contributed by atoms with Crippen molar-refractivity contribution >= 4 is 7.37 Å². The van der Waals surface area contributed by atoms with E-state index in [4.69, 9.17) is 4.52 Å². The molecule has 1 saturated carbocycles. The summed E-state index contributed by atoms with van der Waals surface area (Å²) in [6.45, 7) is 4.51. The summed E-state index contributed by atoms with van der Waals surface area (Å²) in [5.74, 6) is 0. The Morgan fingerprint density at radius 2 is 2.13 bits per heavy atom. The zero-order valence-corrected chi connectivity index (χ0v) is 10.7. The first kappa shape index (κ1) is 13.2. The van der Waals surface area contributed by atoms with Gasteiger partial charge in [0, 0.05) is 11.8 Å². The highest BCUT2D eigenvalue weighted by atomic mass is 31.2. The Balaban J connectivity index is 2.59. The number of aliphatic hydroxyl groups is 1. The van der Waals surface area contributed by atoms with Crippen LogP contribution in [-0.2, 0) is 9.09 Å². The van der Waals surface area contributed by atoms with Gasteiger partial charge >= 0.3 is 0 Å². The van der Waals surface area contributed by atoms with E-state index < -0.39 is 7.37 Å². The van der Waals surface area contributed by atoms with Crippen molar-refractivity contribution in [3.8, 4) is 0 Å². The van der Waals surface area contributed by atoms with Gasteiger partial charge in [-0.15, -0.1) is 0 Å². The van der Waals surface area contributed by atoms with Crippen molar-refractivity contribution in [3.63, 3.8) is 0 Å². The number of hydrogen-bond acceptors (Lipinski definition) is 3. The fraction of sp³-hybridized carbons (Fsp3) is 1.00. The normalized spacial score (nSPS) is 30.3. The third-order valence-corrected chi connectivity index (χ3v) is 6.32. The van der Waals surface area contributed by atoms with E-state index in [0.717, 1.165) is 25.7 Å². The number of unbranched alkanes of at least 4 members (excludes halogenated alkanes) is 1. The molecule has 0 aromatic rings. The van der Waals surface area contributed by atoms with Gasteiger partial charge < -0.3 is 9.63 Å². The zero-order chi connectivity index (χ0) is 11.3. The van der Waals surface area contributed by atoms with Crippen LogP contribution in [0.5, 0.6) is 0 Å². The van der Waals surface area contributed by atoms with Crippen LogP contribution < -0.4 is 0 Å². The second-order valence-electron chi connectivity index (χ2n) is 4.34. The van der Waals surface area contributed by atoms with Gasteiger partial charge in [-0.05, 0) is 32.6 Å². The second-order valence-corrected chi connectivity index (χ2v) is 7.23. The molecule has 1 N–H and O–H groups in total. The molecule has 0 aromatic heterocycles. The number of aliphatic hydroxyl groups excluding tert-OH is 1. The Morgan fingerprint density at radius 1 is 1.40 bits per heavy atom. The summed E-state index contributed by atoms with van der Waals surface area (Å²) in [5, 5.41) is 9.48. The summed E-state index contributed by atoms with van der Waals surface area (Å²) in [7, 11) is -2.48. The van der Waals surface area contributed by atoms with Crippen LogP contribution in [-0.4, -0.2) is 29.6 Å². The van der Waals surface area contributed by atoms with Gasteiger partial charge in [0.15, 0.2) is 0 Å². The lowest BCUT2D eigenvalue weighted by molar-refractivity contribution is 0.182. The monoisotopic (exact) mass is 234 g/mol. The molecule has 3 atom stereocenters. The molecule has 0 radical (unpaired) electrons. The van der Waals surface area contributed by atoms with E-state index in [1.165, 1.54) is 0 Å². The lowest BCUT2D eigenvalue weighted by Gasteiger charge is -2.23. The zero-order valence-electron chi connectivity index (χ0n) is 9.82. The van der Waals surface area contributed by atoms with Crippen molar-refractivity contribution in [2.75, 3.05) is 12.8 Å². The third kappa shape index (κ3) is 3.58. The van der Waals surface area contributed by atoms with Gasteiger partial charge in [-0.2, -0.15) is 0 Å². The third-order valence-electron chi connectivity index (χ3n) is 3.10. The molecule has 0 amide bonds. The Hall–Kier alpha value is 0.150. The van der Waals surface area contributed by atoms with Crippen LogP contribution in [0.25, 0.3) is 0 Å². The fourth-order valence-corrected chi connectivity index (χ4v) is 5.25. The molecular formula is C11H23O3P. The molecule has 0 aliphatic heterocycles. The molecule has 0 bridgehead atoms. The molecule has 0 spiro atoms. The summed E-state index contributed by atoms with van der Waals surface area (Å²) in [4.78, 5) is 0. The van der Waals surface area contributed by atoms with E-state index >= 15 is 0 Å². The molecule has 4 heteroatoms. The van der Waals surface area contributed by atoms with Crippen LogP contribution in [0.4, 0.5) is 0 Å². The predicted molar refractivity (Wildman–Crippen MR) is 62.7 cm³/mol. The Morgan fingerprint density at radius 3 is 2.60 bits per heavy atom. The van der Waals surface area contributed by atoms with E-state index in [9.17, 15) is 9.67 Å². The maximum Gasteiger partial charge on any atom is 0.206 e. The maximum absolute atomic E-state index is 12.6. The molecule has 3 nitrogen and oxygen atoms in total. The van der Waals surface area contributed by atoms with Crippen molar-refractivity contribution in [3.05, 3.63) is 0 Å². The second kappa shape index (κ2) is 6.03. The van der Waals surface area contributed by atoms with Gasteiger partial charge in [-0.3, -0.25) is 4.57 Å². The first-order chi connectivity index (χ1) is 7.12. The van der Waals surface area contributed by atoms with Gasteiger partial charge in [0.1, 0.15) is 0 Å². The van der Waals surface area contributed by atoms with Gasteiger partial charge in [0.05, 0.1) is 12.7 Å². The summed E-state index contributed by atoms with van der Waals surface area (Å²) in [6, 6.07) is 0. The van der Waals surface area contributed by atoms with E-state index in [1.54, 1.807) is 0 Å². The maximum atomic E-state index is 12.6. The molecule has 15 heavy (non-hydrogen) atoms. The molecule has 1 rings (SSSR count). The average Bonchev–Trinajstić information content (AvgIpc) is 2.63. The molecule has 3 unspecified atom stereocenters. The van der Waals surface area contributed by atoms with Gasteiger partial charge in [-0.1, -0.05) is 13.3 Å². The summed E-state index contributed by atoms with van der Waals surface area (Å²) in [6.07, 6.45) is 4.76. The van der Waals surface area contributed by atoms with Crippen molar-refractivity contribution in [1.29, 1.82) is 0 Å². The van der Waals surface area contributed by atoms with Crippen LogP contribution in [0.15, 0.2) is 0 Å². The van der Waals surface area contributed by atoms with Gasteiger partial charge in [0.2, 0.25) is 7.37 Å². The summed E-state index contributed by atoms with van der Waals surface area (Å²) < 4.78 is 18.1. The molecule has 0 heterocycles. The van der Waals surface area contributed by atoms with Crippen LogP contribution in [0.2, 0.25) is 0 Å². The quantitative estimate of drug-likeness (QED) is 0.718. The van der Waals surface area contributed by atoms with Crippen LogP contribution in [0, 0.1) is 0 Å². The van der Waals surface area contributed by atoms with Crippen molar-refractivity contribution in [2.45, 2.75) is 57.7 Å². The molecule has 1 fully saturated rings. The van der Waals surface area contributed by atoms with E-state index in [0.29, 0.717) is 19.2 Å². The minimum Gasteiger partial charge on any atom is -0.393 e. The largest absolute Gasteiger partial charge is 0.393 e. The Bertz CT molecular complexity index is 230. The number of hydrogen-bond donors (Lipinski definition) is 1. The smallest absolute Gasteiger partial charge is 0.206 e. The minimum absolute atomic E-state index is 0.110. The van der Waals surface area contributed by atoms with Crippen molar-refractivity contribution in [2.24, 2.45) is 0 Å². The highest BCUT2D eigenvalue weighted by Gasteiger charge is 2.38. The predicted octanol–water partition coefficient (Wildman–Crippen LogP) is 3.01. The lowest BCUT2D eigenvalue weighted by Crippen LogP contribution is -2.11. The molecule has 1 aliphatic rings. The molecule has 1 aliphatic carbocycles. The Labute approximate surface area is 92.7 Å². The fourth-order valence-electron chi connectivity index (χ4n) is 2.24. The van der Waals surface area contributed by atoms with Gasteiger partial charge in [-0.25, -0.2) is 0 Å². The molecular weight excluding hydrogens is 211 g/mol.